The molecular weight excluding hydrogens is 234 g/mol. The van der Waals surface area contributed by atoms with Crippen molar-refractivity contribution in [3.05, 3.63) is 66.2 Å². The fraction of sp³-hybridized carbons (Fsp3) is 0.294. The van der Waals surface area contributed by atoms with Crippen molar-refractivity contribution < 1.29 is 4.74 Å². The minimum Gasteiger partial charge on any atom is -0.372 e. The minimum absolute atomic E-state index is 0.348. The SMILES string of the molecule is c1ccc(CO[C@@H]2CCN(c3ccccc3)C2)cc1. The molecule has 1 aliphatic rings. The van der Waals surface area contributed by atoms with Gasteiger partial charge >= 0.3 is 0 Å². The first-order chi connectivity index (χ1) is 9.42. The average molecular weight is 253 g/mol. The predicted molar refractivity (Wildman–Crippen MR) is 78.3 cm³/mol. The lowest BCUT2D eigenvalue weighted by molar-refractivity contribution is 0.0553. The maximum atomic E-state index is 6.00. The van der Waals surface area contributed by atoms with Crippen molar-refractivity contribution in [2.45, 2.75) is 19.1 Å². The maximum Gasteiger partial charge on any atom is 0.0771 e. The molecule has 2 nitrogen and oxygen atoms in total. The largest absolute Gasteiger partial charge is 0.372 e. The van der Waals surface area contributed by atoms with E-state index in [2.05, 4.69) is 59.5 Å². The van der Waals surface area contributed by atoms with Gasteiger partial charge < -0.3 is 9.64 Å². The van der Waals surface area contributed by atoms with Crippen LogP contribution >= 0.6 is 0 Å². The molecule has 1 fully saturated rings. The Balaban J connectivity index is 1.52. The number of rotatable bonds is 4. The number of hydrogen-bond acceptors (Lipinski definition) is 2. The number of nitrogens with zero attached hydrogens (tertiary/aromatic N) is 1. The van der Waals surface area contributed by atoms with E-state index in [1.54, 1.807) is 0 Å². The molecule has 1 saturated heterocycles. The molecule has 0 aliphatic carbocycles. The molecule has 0 unspecified atom stereocenters. The van der Waals surface area contributed by atoms with E-state index in [1.807, 2.05) is 6.07 Å². The van der Waals surface area contributed by atoms with E-state index in [0.29, 0.717) is 12.7 Å². The molecule has 2 heteroatoms. The Bertz CT molecular complexity index is 497. The Morgan fingerprint density at radius 3 is 2.37 bits per heavy atom. The topological polar surface area (TPSA) is 12.5 Å². The molecule has 2 aromatic carbocycles. The van der Waals surface area contributed by atoms with Crippen molar-refractivity contribution in [2.24, 2.45) is 0 Å². The molecule has 1 aliphatic heterocycles. The lowest BCUT2D eigenvalue weighted by Gasteiger charge is -2.18. The first-order valence-corrected chi connectivity index (χ1v) is 6.87. The van der Waals surface area contributed by atoms with Gasteiger partial charge in [-0.2, -0.15) is 0 Å². The highest BCUT2D eigenvalue weighted by Gasteiger charge is 2.22. The quantitative estimate of drug-likeness (QED) is 0.827. The Kier molecular flexibility index (Phi) is 3.80. The molecule has 0 saturated carbocycles. The third-order valence-corrected chi connectivity index (χ3v) is 3.59. The molecule has 0 bridgehead atoms. The van der Waals surface area contributed by atoms with Gasteiger partial charge in [-0.05, 0) is 24.1 Å². The number of benzene rings is 2. The van der Waals surface area contributed by atoms with Crippen molar-refractivity contribution in [3.63, 3.8) is 0 Å². The van der Waals surface area contributed by atoms with Crippen LogP contribution in [0, 0.1) is 0 Å². The van der Waals surface area contributed by atoms with Crippen LogP contribution in [0.2, 0.25) is 0 Å². The summed E-state index contributed by atoms with van der Waals surface area (Å²) in [5.74, 6) is 0. The van der Waals surface area contributed by atoms with Crippen molar-refractivity contribution >= 4 is 5.69 Å². The smallest absolute Gasteiger partial charge is 0.0771 e. The molecular formula is C17H19NO. The fourth-order valence-corrected chi connectivity index (χ4v) is 2.53. The average Bonchev–Trinajstić information content (AvgIpc) is 2.96. The van der Waals surface area contributed by atoms with Gasteiger partial charge in [0.15, 0.2) is 0 Å². The minimum atomic E-state index is 0.348. The molecule has 1 heterocycles. The Hall–Kier alpha value is -1.80. The Morgan fingerprint density at radius 2 is 1.63 bits per heavy atom. The third kappa shape index (κ3) is 3.15. The molecule has 3 rings (SSSR count). The summed E-state index contributed by atoms with van der Waals surface area (Å²) < 4.78 is 6.00. The van der Waals surface area contributed by atoms with Gasteiger partial charge in [0.2, 0.25) is 0 Å². The first-order valence-electron chi connectivity index (χ1n) is 6.87. The molecule has 0 amide bonds. The Morgan fingerprint density at radius 1 is 0.947 bits per heavy atom. The number of para-hydroxylation sites is 1. The summed E-state index contributed by atoms with van der Waals surface area (Å²) in [5, 5.41) is 0. The zero-order chi connectivity index (χ0) is 12.9. The van der Waals surface area contributed by atoms with Gasteiger partial charge in [-0.3, -0.25) is 0 Å². The van der Waals surface area contributed by atoms with Crippen LogP contribution in [-0.2, 0) is 11.3 Å². The van der Waals surface area contributed by atoms with Gasteiger partial charge in [-0.25, -0.2) is 0 Å². The summed E-state index contributed by atoms with van der Waals surface area (Å²) in [6, 6.07) is 21.0. The van der Waals surface area contributed by atoms with E-state index >= 15 is 0 Å². The van der Waals surface area contributed by atoms with Crippen molar-refractivity contribution in [1.29, 1.82) is 0 Å². The van der Waals surface area contributed by atoms with Crippen molar-refractivity contribution in [1.82, 2.24) is 0 Å². The Labute approximate surface area is 114 Å². The number of ether oxygens (including phenoxy) is 1. The van der Waals surface area contributed by atoms with Crippen LogP contribution in [-0.4, -0.2) is 19.2 Å². The van der Waals surface area contributed by atoms with Gasteiger partial charge in [0.05, 0.1) is 12.7 Å². The summed E-state index contributed by atoms with van der Waals surface area (Å²) >= 11 is 0. The number of hydrogen-bond donors (Lipinski definition) is 0. The van der Waals surface area contributed by atoms with Gasteiger partial charge in [-0.1, -0.05) is 48.5 Å². The third-order valence-electron chi connectivity index (χ3n) is 3.59. The van der Waals surface area contributed by atoms with Crippen LogP contribution in [0.15, 0.2) is 60.7 Å². The standard InChI is InChI=1S/C17H19NO/c1-3-7-15(8-4-1)14-19-17-11-12-18(13-17)16-9-5-2-6-10-16/h1-10,17H,11-14H2/t17-/m1/s1. The van der Waals surface area contributed by atoms with E-state index in [-0.39, 0.29) is 0 Å². The summed E-state index contributed by atoms with van der Waals surface area (Å²) in [4.78, 5) is 2.40. The predicted octanol–water partition coefficient (Wildman–Crippen LogP) is 3.48. The molecule has 2 aromatic rings. The second-order valence-electron chi connectivity index (χ2n) is 4.99. The zero-order valence-electron chi connectivity index (χ0n) is 11.0. The van der Waals surface area contributed by atoms with Crippen LogP contribution in [0.25, 0.3) is 0 Å². The van der Waals surface area contributed by atoms with Crippen molar-refractivity contribution in [3.8, 4) is 0 Å². The van der Waals surface area contributed by atoms with Gasteiger partial charge in [0, 0.05) is 18.8 Å². The lowest BCUT2D eigenvalue weighted by Crippen LogP contribution is -2.22. The zero-order valence-corrected chi connectivity index (χ0v) is 11.0. The monoisotopic (exact) mass is 253 g/mol. The molecule has 19 heavy (non-hydrogen) atoms. The molecule has 0 radical (unpaired) electrons. The second kappa shape index (κ2) is 5.89. The summed E-state index contributed by atoms with van der Waals surface area (Å²) in [7, 11) is 0. The summed E-state index contributed by atoms with van der Waals surface area (Å²) in [6.45, 7) is 2.80. The molecule has 0 aromatic heterocycles. The lowest BCUT2D eigenvalue weighted by atomic mass is 10.2. The van der Waals surface area contributed by atoms with Crippen LogP contribution in [0.5, 0.6) is 0 Å². The maximum absolute atomic E-state index is 6.00. The van der Waals surface area contributed by atoms with Crippen LogP contribution < -0.4 is 4.90 Å². The van der Waals surface area contributed by atoms with Crippen LogP contribution in [0.4, 0.5) is 5.69 Å². The highest BCUT2D eigenvalue weighted by atomic mass is 16.5. The van der Waals surface area contributed by atoms with Crippen molar-refractivity contribution in [2.75, 3.05) is 18.0 Å². The second-order valence-corrected chi connectivity index (χ2v) is 4.99. The highest BCUT2D eigenvalue weighted by molar-refractivity contribution is 5.47. The normalized spacial score (nSPS) is 18.7. The van der Waals surface area contributed by atoms with E-state index in [1.165, 1.54) is 11.3 Å². The van der Waals surface area contributed by atoms with E-state index in [4.69, 9.17) is 4.74 Å². The van der Waals surface area contributed by atoms with E-state index in [9.17, 15) is 0 Å². The van der Waals surface area contributed by atoms with Gasteiger partial charge in [0.25, 0.3) is 0 Å². The fourth-order valence-electron chi connectivity index (χ4n) is 2.53. The first kappa shape index (κ1) is 12.2. The van der Waals surface area contributed by atoms with Crippen LogP contribution in [0.1, 0.15) is 12.0 Å². The number of anilines is 1. The van der Waals surface area contributed by atoms with Gasteiger partial charge in [0.1, 0.15) is 0 Å². The molecule has 0 spiro atoms. The molecule has 0 N–H and O–H groups in total. The van der Waals surface area contributed by atoms with E-state index < -0.39 is 0 Å². The molecule has 98 valence electrons. The van der Waals surface area contributed by atoms with E-state index in [0.717, 1.165) is 19.5 Å². The summed E-state index contributed by atoms with van der Waals surface area (Å²) in [6.07, 6.45) is 1.46. The van der Waals surface area contributed by atoms with Crippen LogP contribution in [0.3, 0.4) is 0 Å². The summed E-state index contributed by atoms with van der Waals surface area (Å²) in [5.41, 5.74) is 2.55. The highest BCUT2D eigenvalue weighted by Crippen LogP contribution is 2.21. The molecule has 1 atom stereocenters. The van der Waals surface area contributed by atoms with Gasteiger partial charge in [-0.15, -0.1) is 0 Å².